The number of rotatable bonds is 1. The molecule has 0 fully saturated rings. The van der Waals surface area contributed by atoms with Crippen LogP contribution in [-0.4, -0.2) is 0 Å². The highest BCUT2D eigenvalue weighted by Gasteiger charge is 2.07. The molecule has 2 aromatic rings. The van der Waals surface area contributed by atoms with Crippen molar-refractivity contribution >= 4 is 39.7 Å². The first-order valence-electron chi connectivity index (χ1n) is 4.21. The van der Waals surface area contributed by atoms with Gasteiger partial charge in [-0.05, 0) is 29.5 Å². The van der Waals surface area contributed by atoms with Crippen molar-refractivity contribution in [1.29, 1.82) is 0 Å². The zero-order valence-corrected chi connectivity index (χ0v) is 9.08. The number of thiophene rings is 1. The van der Waals surface area contributed by atoms with Crippen LogP contribution in [0.25, 0.3) is 10.1 Å². The first-order valence-corrected chi connectivity index (χ1v) is 5.54. The minimum Gasteiger partial charge on any atom is -0.398 e. The second-order valence-electron chi connectivity index (χ2n) is 2.99. The van der Waals surface area contributed by atoms with Gasteiger partial charge in [0.1, 0.15) is 0 Å². The lowest BCUT2D eigenvalue weighted by atomic mass is 10.1. The first-order chi connectivity index (χ1) is 6.24. The second kappa shape index (κ2) is 3.24. The zero-order valence-electron chi connectivity index (χ0n) is 7.37. The smallest absolute Gasteiger partial charge is 0.0499 e. The summed E-state index contributed by atoms with van der Waals surface area (Å²) in [6.45, 7) is 2.12. The third-order valence-corrected chi connectivity index (χ3v) is 3.80. The number of hydrogen-bond donors (Lipinski definition) is 2. The van der Waals surface area contributed by atoms with Gasteiger partial charge in [-0.15, -0.1) is 24.0 Å². The number of fused-ring (bicyclic) bond motifs is 1. The van der Waals surface area contributed by atoms with E-state index in [2.05, 4.69) is 31.0 Å². The molecular weight excluding hydrogens is 198 g/mol. The molecule has 3 heteroatoms. The molecule has 0 aliphatic rings. The molecule has 1 aromatic heterocycles. The van der Waals surface area contributed by atoms with Crippen molar-refractivity contribution in [2.24, 2.45) is 0 Å². The van der Waals surface area contributed by atoms with E-state index in [0.29, 0.717) is 0 Å². The Hall–Kier alpha value is -0.670. The van der Waals surface area contributed by atoms with Crippen LogP contribution in [-0.2, 0) is 6.42 Å². The number of hydrogen-bond acceptors (Lipinski definition) is 3. The van der Waals surface area contributed by atoms with Gasteiger partial charge in [-0.25, -0.2) is 0 Å². The predicted molar refractivity (Wildman–Crippen MR) is 62.9 cm³/mol. The number of anilines is 1. The summed E-state index contributed by atoms with van der Waals surface area (Å²) >= 11 is 6.21. The van der Waals surface area contributed by atoms with Crippen molar-refractivity contribution in [3.63, 3.8) is 0 Å². The van der Waals surface area contributed by atoms with Crippen LogP contribution in [0, 0.1) is 0 Å². The van der Waals surface area contributed by atoms with Gasteiger partial charge in [0.05, 0.1) is 0 Å². The Labute approximate surface area is 87.0 Å². The molecule has 0 aliphatic heterocycles. The summed E-state index contributed by atoms with van der Waals surface area (Å²) in [6.07, 6.45) is 0.983. The molecule has 0 unspecified atom stereocenters. The molecule has 0 atom stereocenters. The zero-order chi connectivity index (χ0) is 9.42. The fourth-order valence-corrected chi connectivity index (χ4v) is 2.87. The lowest BCUT2D eigenvalue weighted by Gasteiger charge is -2.05. The summed E-state index contributed by atoms with van der Waals surface area (Å²) in [5.74, 6) is 0. The lowest BCUT2D eigenvalue weighted by molar-refractivity contribution is 1.10. The van der Waals surface area contributed by atoms with Crippen molar-refractivity contribution in [3.8, 4) is 0 Å². The van der Waals surface area contributed by atoms with Gasteiger partial charge >= 0.3 is 0 Å². The van der Waals surface area contributed by atoms with Gasteiger partial charge in [0.2, 0.25) is 0 Å². The SMILES string of the molecule is CCc1cc(N)c2ccsc2c1S. The maximum Gasteiger partial charge on any atom is 0.0499 e. The van der Waals surface area contributed by atoms with Gasteiger partial charge in [0.25, 0.3) is 0 Å². The Balaban J connectivity index is 2.85. The Bertz CT molecular complexity index is 445. The fourth-order valence-electron chi connectivity index (χ4n) is 1.47. The Kier molecular flexibility index (Phi) is 2.22. The maximum atomic E-state index is 5.92. The molecule has 0 radical (unpaired) electrons. The largest absolute Gasteiger partial charge is 0.398 e. The summed E-state index contributed by atoms with van der Waals surface area (Å²) in [6, 6.07) is 4.08. The molecule has 2 rings (SSSR count). The van der Waals surface area contributed by atoms with Crippen molar-refractivity contribution in [2.45, 2.75) is 18.2 Å². The van der Waals surface area contributed by atoms with E-state index in [4.69, 9.17) is 5.73 Å². The summed E-state index contributed by atoms with van der Waals surface area (Å²) in [5, 5.41) is 3.19. The molecule has 0 amide bonds. The Morgan fingerprint density at radius 3 is 3.00 bits per heavy atom. The molecule has 0 bridgehead atoms. The average molecular weight is 209 g/mol. The molecule has 1 heterocycles. The molecule has 68 valence electrons. The van der Waals surface area contributed by atoms with Gasteiger partial charge in [-0.3, -0.25) is 0 Å². The van der Waals surface area contributed by atoms with E-state index in [1.54, 1.807) is 11.3 Å². The summed E-state index contributed by atoms with van der Waals surface area (Å²) in [7, 11) is 0. The van der Waals surface area contributed by atoms with Gasteiger partial charge in [0.15, 0.2) is 0 Å². The third-order valence-electron chi connectivity index (χ3n) is 2.21. The number of nitrogens with two attached hydrogens (primary N) is 1. The number of thiol groups is 1. The number of nitrogen functional groups attached to an aromatic ring is 1. The van der Waals surface area contributed by atoms with E-state index in [0.717, 1.165) is 22.4 Å². The molecule has 0 aliphatic carbocycles. The highest BCUT2D eigenvalue weighted by molar-refractivity contribution is 7.80. The molecule has 1 aromatic carbocycles. The minimum absolute atomic E-state index is 0.867. The van der Waals surface area contributed by atoms with Gasteiger partial charge in [0, 0.05) is 20.7 Å². The van der Waals surface area contributed by atoms with Crippen LogP contribution in [0.1, 0.15) is 12.5 Å². The van der Waals surface area contributed by atoms with Crippen LogP contribution in [0.2, 0.25) is 0 Å². The molecule has 13 heavy (non-hydrogen) atoms. The highest BCUT2D eigenvalue weighted by Crippen LogP contribution is 2.34. The van der Waals surface area contributed by atoms with Crippen molar-refractivity contribution < 1.29 is 0 Å². The fraction of sp³-hybridized carbons (Fsp3) is 0.200. The van der Waals surface area contributed by atoms with E-state index in [1.807, 2.05) is 6.07 Å². The predicted octanol–water partition coefficient (Wildman–Crippen LogP) is 3.33. The van der Waals surface area contributed by atoms with Crippen molar-refractivity contribution in [3.05, 3.63) is 23.1 Å². The summed E-state index contributed by atoms with van der Waals surface area (Å²) < 4.78 is 1.21. The van der Waals surface area contributed by atoms with Crippen LogP contribution in [0.5, 0.6) is 0 Å². The van der Waals surface area contributed by atoms with Crippen molar-refractivity contribution in [2.75, 3.05) is 5.73 Å². The molecule has 0 saturated carbocycles. The summed E-state index contributed by atoms with van der Waals surface area (Å²) in [4.78, 5) is 1.08. The van der Waals surface area contributed by atoms with E-state index in [-0.39, 0.29) is 0 Å². The lowest BCUT2D eigenvalue weighted by Crippen LogP contribution is -1.90. The quantitative estimate of drug-likeness (QED) is 0.547. The summed E-state index contributed by atoms with van der Waals surface area (Å²) in [5.41, 5.74) is 8.02. The van der Waals surface area contributed by atoms with Crippen LogP contribution in [0.15, 0.2) is 22.4 Å². The van der Waals surface area contributed by atoms with Gasteiger partial charge < -0.3 is 5.73 Å². The first kappa shape index (κ1) is 8.91. The Morgan fingerprint density at radius 1 is 1.54 bits per heavy atom. The average Bonchev–Trinajstić information content (AvgIpc) is 2.60. The molecule has 2 N–H and O–H groups in total. The minimum atomic E-state index is 0.867. The highest BCUT2D eigenvalue weighted by atomic mass is 32.1. The van der Waals surface area contributed by atoms with Crippen molar-refractivity contribution in [1.82, 2.24) is 0 Å². The number of aryl methyl sites for hydroxylation is 1. The molecule has 1 nitrogen and oxygen atoms in total. The standard InChI is InChI=1S/C10H11NS2/c1-2-6-5-8(11)7-3-4-13-10(7)9(6)12/h3-5,12H,2,11H2,1H3. The topological polar surface area (TPSA) is 26.0 Å². The van der Waals surface area contributed by atoms with E-state index >= 15 is 0 Å². The molecule has 0 spiro atoms. The second-order valence-corrected chi connectivity index (χ2v) is 4.35. The maximum absolute atomic E-state index is 5.92. The normalized spacial score (nSPS) is 10.9. The van der Waals surface area contributed by atoms with Crippen LogP contribution in [0.4, 0.5) is 5.69 Å². The van der Waals surface area contributed by atoms with Gasteiger partial charge in [-0.2, -0.15) is 0 Å². The third kappa shape index (κ3) is 1.32. The molecular formula is C10H11NS2. The molecule has 0 saturated heterocycles. The van der Waals surface area contributed by atoms with E-state index in [9.17, 15) is 0 Å². The van der Waals surface area contributed by atoms with Crippen LogP contribution < -0.4 is 5.73 Å². The van der Waals surface area contributed by atoms with E-state index < -0.39 is 0 Å². The van der Waals surface area contributed by atoms with E-state index in [1.165, 1.54) is 10.3 Å². The van der Waals surface area contributed by atoms with Gasteiger partial charge in [-0.1, -0.05) is 6.92 Å². The Morgan fingerprint density at radius 2 is 2.31 bits per heavy atom. The monoisotopic (exact) mass is 209 g/mol. The van der Waals surface area contributed by atoms with Crippen LogP contribution >= 0.6 is 24.0 Å². The number of benzene rings is 1. The van der Waals surface area contributed by atoms with Crippen LogP contribution in [0.3, 0.4) is 0 Å².